The Hall–Kier alpha value is -1.82. The zero-order chi connectivity index (χ0) is 13.7. The molecule has 0 unspecified atom stereocenters. The lowest BCUT2D eigenvalue weighted by Gasteiger charge is -2.08. The maximum atomic E-state index is 12.4. The summed E-state index contributed by atoms with van der Waals surface area (Å²) in [5.41, 5.74) is 0.209. The lowest BCUT2D eigenvalue weighted by atomic mass is 10.1. The first-order chi connectivity index (χ1) is 9.05. The van der Waals surface area contributed by atoms with E-state index in [1.54, 1.807) is 10.9 Å². The molecule has 0 saturated heterocycles. The summed E-state index contributed by atoms with van der Waals surface area (Å²) in [5.74, 6) is 0. The highest BCUT2D eigenvalue weighted by Gasteiger charge is 2.29. The minimum absolute atomic E-state index is 0.541. The average Bonchev–Trinajstić information content (AvgIpc) is 2.87. The molecule has 1 aromatic heterocycles. The molecule has 0 aliphatic heterocycles. The minimum atomic E-state index is -4.27. The maximum absolute atomic E-state index is 12.4. The van der Waals surface area contributed by atoms with Crippen LogP contribution in [0.1, 0.15) is 11.1 Å². The highest BCUT2D eigenvalue weighted by atomic mass is 19.4. The van der Waals surface area contributed by atoms with Gasteiger partial charge in [-0.15, -0.1) is 0 Å². The molecule has 0 saturated carbocycles. The third-order valence-electron chi connectivity index (χ3n) is 2.69. The molecule has 2 rings (SSSR count). The Morgan fingerprint density at radius 3 is 2.47 bits per heavy atom. The van der Waals surface area contributed by atoms with E-state index in [9.17, 15) is 13.2 Å². The van der Waals surface area contributed by atoms with Gasteiger partial charge in [0.2, 0.25) is 0 Å². The fraction of sp³-hybridized carbons (Fsp3) is 0.308. The summed E-state index contributed by atoms with van der Waals surface area (Å²) in [6, 6.07) is 7.03. The molecule has 1 heterocycles. The zero-order valence-electron chi connectivity index (χ0n) is 10.2. The quantitative estimate of drug-likeness (QED) is 0.846. The number of hydrogen-bond acceptors (Lipinski definition) is 2. The topological polar surface area (TPSA) is 29.9 Å². The van der Waals surface area contributed by atoms with Crippen LogP contribution in [-0.2, 0) is 19.3 Å². The smallest absolute Gasteiger partial charge is 0.311 e. The molecule has 2 aromatic rings. The van der Waals surface area contributed by atoms with Gasteiger partial charge in [0.15, 0.2) is 0 Å². The first kappa shape index (κ1) is 13.6. The predicted molar refractivity (Wildman–Crippen MR) is 65.4 cm³/mol. The van der Waals surface area contributed by atoms with Crippen molar-refractivity contribution in [2.75, 3.05) is 6.54 Å². The molecule has 1 aromatic carbocycles. The van der Waals surface area contributed by atoms with Gasteiger partial charge in [0.05, 0.1) is 12.1 Å². The SMILES string of the molecule is FC(F)(F)c1ccc(CNCCn2cccn2)cc1. The lowest BCUT2D eigenvalue weighted by molar-refractivity contribution is -0.137. The largest absolute Gasteiger partial charge is 0.416 e. The van der Waals surface area contributed by atoms with Crippen molar-refractivity contribution < 1.29 is 13.2 Å². The van der Waals surface area contributed by atoms with Crippen LogP contribution in [0.15, 0.2) is 42.7 Å². The zero-order valence-corrected chi connectivity index (χ0v) is 10.2. The van der Waals surface area contributed by atoms with E-state index < -0.39 is 11.7 Å². The second-order valence-electron chi connectivity index (χ2n) is 4.14. The Labute approximate surface area is 109 Å². The number of hydrogen-bond donors (Lipinski definition) is 1. The molecule has 0 aliphatic carbocycles. The summed E-state index contributed by atoms with van der Waals surface area (Å²) in [6.45, 7) is 1.98. The highest BCUT2D eigenvalue weighted by molar-refractivity contribution is 5.24. The van der Waals surface area contributed by atoms with E-state index in [2.05, 4.69) is 10.4 Å². The van der Waals surface area contributed by atoms with Crippen LogP contribution in [0, 0.1) is 0 Å². The Morgan fingerprint density at radius 2 is 1.89 bits per heavy atom. The summed E-state index contributed by atoms with van der Waals surface area (Å²) in [7, 11) is 0. The van der Waals surface area contributed by atoms with E-state index in [0.29, 0.717) is 13.1 Å². The Bertz CT molecular complexity index is 489. The lowest BCUT2D eigenvalue weighted by Crippen LogP contribution is -2.19. The predicted octanol–water partition coefficient (Wildman–Crippen LogP) is 2.69. The Morgan fingerprint density at radius 1 is 1.16 bits per heavy atom. The number of nitrogens with zero attached hydrogens (tertiary/aromatic N) is 2. The van der Waals surface area contributed by atoms with Gasteiger partial charge in [0, 0.05) is 25.5 Å². The van der Waals surface area contributed by atoms with Crippen LogP contribution < -0.4 is 5.32 Å². The van der Waals surface area contributed by atoms with Gasteiger partial charge in [-0.1, -0.05) is 12.1 Å². The fourth-order valence-electron chi connectivity index (χ4n) is 1.67. The van der Waals surface area contributed by atoms with Crippen molar-refractivity contribution in [3.8, 4) is 0 Å². The first-order valence-corrected chi connectivity index (χ1v) is 5.90. The van der Waals surface area contributed by atoms with Crippen molar-refractivity contribution in [3.63, 3.8) is 0 Å². The Kier molecular flexibility index (Phi) is 4.21. The number of aromatic nitrogens is 2. The van der Waals surface area contributed by atoms with Crippen molar-refractivity contribution in [3.05, 3.63) is 53.9 Å². The second-order valence-corrected chi connectivity index (χ2v) is 4.14. The first-order valence-electron chi connectivity index (χ1n) is 5.90. The van der Waals surface area contributed by atoms with Crippen molar-refractivity contribution in [1.82, 2.24) is 15.1 Å². The van der Waals surface area contributed by atoms with Gasteiger partial charge in [0.25, 0.3) is 0 Å². The van der Waals surface area contributed by atoms with Gasteiger partial charge in [-0.25, -0.2) is 0 Å². The van der Waals surface area contributed by atoms with E-state index in [-0.39, 0.29) is 0 Å². The van der Waals surface area contributed by atoms with Gasteiger partial charge in [-0.2, -0.15) is 18.3 Å². The Balaban J connectivity index is 1.77. The number of halogens is 3. The van der Waals surface area contributed by atoms with E-state index in [1.807, 2.05) is 12.3 Å². The number of nitrogens with one attached hydrogen (secondary N) is 1. The van der Waals surface area contributed by atoms with Crippen LogP contribution in [0.3, 0.4) is 0 Å². The number of benzene rings is 1. The maximum Gasteiger partial charge on any atom is 0.416 e. The molecular formula is C13H14F3N3. The molecular weight excluding hydrogens is 255 g/mol. The van der Waals surface area contributed by atoms with Crippen LogP contribution in [0.4, 0.5) is 13.2 Å². The monoisotopic (exact) mass is 269 g/mol. The fourth-order valence-corrected chi connectivity index (χ4v) is 1.67. The van der Waals surface area contributed by atoms with E-state index in [1.165, 1.54) is 12.1 Å². The van der Waals surface area contributed by atoms with Crippen LogP contribution in [0.5, 0.6) is 0 Å². The van der Waals surface area contributed by atoms with E-state index >= 15 is 0 Å². The van der Waals surface area contributed by atoms with Gasteiger partial charge >= 0.3 is 6.18 Å². The standard InChI is InChI=1S/C13H14F3N3/c14-13(15,16)12-4-2-11(3-5-12)10-17-7-9-19-8-1-6-18-19/h1-6,8,17H,7,9-10H2. The minimum Gasteiger partial charge on any atom is -0.311 e. The molecule has 0 amide bonds. The summed E-state index contributed by atoms with van der Waals surface area (Å²) in [4.78, 5) is 0. The molecule has 3 nitrogen and oxygen atoms in total. The summed E-state index contributed by atoms with van der Waals surface area (Å²) < 4.78 is 38.9. The summed E-state index contributed by atoms with van der Waals surface area (Å²) in [6.07, 6.45) is -0.707. The molecule has 6 heteroatoms. The summed E-state index contributed by atoms with van der Waals surface area (Å²) >= 11 is 0. The molecule has 0 radical (unpaired) electrons. The molecule has 0 fully saturated rings. The van der Waals surface area contributed by atoms with E-state index in [0.717, 1.165) is 24.2 Å². The van der Waals surface area contributed by atoms with Crippen LogP contribution in [-0.4, -0.2) is 16.3 Å². The highest BCUT2D eigenvalue weighted by Crippen LogP contribution is 2.28. The van der Waals surface area contributed by atoms with Gasteiger partial charge in [0.1, 0.15) is 0 Å². The molecule has 0 atom stereocenters. The van der Waals surface area contributed by atoms with Crippen LogP contribution >= 0.6 is 0 Å². The van der Waals surface area contributed by atoms with E-state index in [4.69, 9.17) is 0 Å². The van der Waals surface area contributed by atoms with Crippen molar-refractivity contribution in [2.24, 2.45) is 0 Å². The molecule has 102 valence electrons. The van der Waals surface area contributed by atoms with Crippen molar-refractivity contribution in [1.29, 1.82) is 0 Å². The molecule has 19 heavy (non-hydrogen) atoms. The van der Waals surface area contributed by atoms with Crippen LogP contribution in [0.25, 0.3) is 0 Å². The molecule has 0 aliphatic rings. The number of rotatable bonds is 5. The normalized spacial score (nSPS) is 11.7. The van der Waals surface area contributed by atoms with Crippen LogP contribution in [0.2, 0.25) is 0 Å². The molecule has 0 spiro atoms. The van der Waals surface area contributed by atoms with Crippen molar-refractivity contribution >= 4 is 0 Å². The molecule has 1 N–H and O–H groups in total. The third-order valence-corrected chi connectivity index (χ3v) is 2.69. The summed E-state index contributed by atoms with van der Waals surface area (Å²) in [5, 5.41) is 7.21. The third kappa shape index (κ3) is 4.10. The second kappa shape index (κ2) is 5.88. The molecule has 0 bridgehead atoms. The van der Waals surface area contributed by atoms with Gasteiger partial charge in [-0.05, 0) is 23.8 Å². The van der Waals surface area contributed by atoms with Gasteiger partial charge in [-0.3, -0.25) is 4.68 Å². The average molecular weight is 269 g/mol. The number of alkyl halides is 3. The van der Waals surface area contributed by atoms with Gasteiger partial charge < -0.3 is 5.32 Å². The van der Waals surface area contributed by atoms with Crippen molar-refractivity contribution in [2.45, 2.75) is 19.3 Å².